The Balaban J connectivity index is 0.000000413. The molecule has 0 N–H and O–H groups in total. The Morgan fingerprint density at radius 2 is 0.485 bits per heavy atom. The van der Waals surface area contributed by atoms with Crippen molar-refractivity contribution in [3.8, 4) is 0 Å². The predicted octanol–water partition coefficient (Wildman–Crippen LogP) is 11.8. The van der Waals surface area contributed by atoms with Gasteiger partial charge in [0.25, 0.3) is 0 Å². The molecular formula is C60H80Cl2Si2Zr2-2. The Kier molecular flexibility index (Phi) is 27.0. The van der Waals surface area contributed by atoms with Crippen LogP contribution in [0.25, 0.3) is 43.1 Å². The van der Waals surface area contributed by atoms with Crippen LogP contribution >= 0.6 is 0 Å². The standard InChI is InChI=1S/4C14H17.2C2H6Si.2ClH.2Zr/c4*1-5-12-7-6-9(2)13-8-10(3)11(4)14(12)13;2*1-3-2;;;;/h4*6-8H,5H2,1-4H3;2*1-2H3;2*1H;;/q4*-1;;;;;2*+2/p-2. The van der Waals surface area contributed by atoms with Crippen molar-refractivity contribution in [3.63, 3.8) is 0 Å². The second kappa shape index (κ2) is 28.7. The van der Waals surface area contributed by atoms with E-state index in [0.717, 1.165) is 25.7 Å². The third-order valence-corrected chi connectivity index (χ3v) is 13.0. The van der Waals surface area contributed by atoms with E-state index >= 15 is 0 Å². The quantitative estimate of drug-likeness (QED) is 0.122. The van der Waals surface area contributed by atoms with Crippen molar-refractivity contribution in [2.24, 2.45) is 0 Å². The number of fused-ring (bicyclic) bond motifs is 4. The summed E-state index contributed by atoms with van der Waals surface area (Å²) in [4.78, 5) is 0. The summed E-state index contributed by atoms with van der Waals surface area (Å²) in [6.45, 7) is 44.7. The largest absolute Gasteiger partial charge is 1.00 e. The average Bonchev–Trinajstić information content (AvgIpc) is 3.94. The van der Waals surface area contributed by atoms with Crippen LogP contribution in [0.3, 0.4) is 0 Å². The molecule has 0 amide bonds. The maximum absolute atomic E-state index is 2.32. The third-order valence-electron chi connectivity index (χ3n) is 13.0. The third kappa shape index (κ3) is 15.6. The molecule has 0 bridgehead atoms. The summed E-state index contributed by atoms with van der Waals surface area (Å²) < 4.78 is 0. The first-order valence-corrected chi connectivity index (χ1v) is 36.1. The summed E-state index contributed by atoms with van der Waals surface area (Å²) in [6, 6.07) is 27.3. The molecule has 0 nitrogen and oxygen atoms in total. The van der Waals surface area contributed by atoms with Gasteiger partial charge in [-0.2, -0.15) is 22.3 Å². The number of halogens is 2. The van der Waals surface area contributed by atoms with Gasteiger partial charge in [0.2, 0.25) is 0 Å². The zero-order valence-electron chi connectivity index (χ0n) is 44.5. The molecule has 0 aliphatic carbocycles. The normalized spacial score (nSPS) is 10.3. The van der Waals surface area contributed by atoms with Crippen LogP contribution in [0.15, 0.2) is 72.8 Å². The molecule has 0 heterocycles. The zero-order chi connectivity index (χ0) is 48.3. The molecule has 0 unspecified atom stereocenters. The predicted molar refractivity (Wildman–Crippen MR) is 287 cm³/mol. The molecule has 352 valence electrons. The van der Waals surface area contributed by atoms with Gasteiger partial charge in [-0.25, -0.2) is 0 Å². The number of hydrogen-bond acceptors (Lipinski definition) is 0. The van der Waals surface area contributed by atoms with Crippen LogP contribution in [0.4, 0.5) is 0 Å². The first-order valence-electron chi connectivity index (χ1n) is 23.7. The van der Waals surface area contributed by atoms with E-state index in [4.69, 9.17) is 0 Å². The number of hydrogen-bond donors (Lipinski definition) is 0. The second-order valence-electron chi connectivity index (χ2n) is 18.5. The van der Waals surface area contributed by atoms with Crippen molar-refractivity contribution in [2.45, 2.75) is 163 Å². The molecule has 0 saturated heterocycles. The molecular weight excluding hydrogens is 1030 g/mol. The van der Waals surface area contributed by atoms with E-state index in [1.165, 1.54) is 132 Å². The maximum Gasteiger partial charge on any atom is -1.00 e. The Labute approximate surface area is 445 Å². The van der Waals surface area contributed by atoms with Gasteiger partial charge in [-0.05, 0) is 25.7 Å². The summed E-state index contributed by atoms with van der Waals surface area (Å²) in [5.74, 6) is 0. The smallest absolute Gasteiger partial charge is 1.00 e. The van der Waals surface area contributed by atoms with E-state index in [2.05, 4.69) is 210 Å². The van der Waals surface area contributed by atoms with Crippen LogP contribution < -0.4 is 24.8 Å². The minimum Gasteiger partial charge on any atom is -1.00 e. The van der Waals surface area contributed by atoms with Gasteiger partial charge in [0.05, 0.1) is 0 Å². The molecule has 6 heteroatoms. The topological polar surface area (TPSA) is 0 Å². The van der Waals surface area contributed by atoms with Gasteiger partial charge >= 0.3 is 83.7 Å². The van der Waals surface area contributed by atoms with Crippen molar-refractivity contribution in [2.75, 3.05) is 0 Å². The first-order chi connectivity index (χ1) is 30.1. The van der Waals surface area contributed by atoms with E-state index < -0.39 is 0 Å². The summed E-state index contributed by atoms with van der Waals surface area (Å²) in [6.07, 6.45) is 4.50. The van der Waals surface area contributed by atoms with Crippen LogP contribution in [-0.4, -0.2) is 10.9 Å². The molecule has 0 spiro atoms. The first kappa shape index (κ1) is 62.1. The average molecular weight is 1110 g/mol. The molecule has 8 rings (SSSR count). The van der Waals surface area contributed by atoms with Crippen molar-refractivity contribution >= 4 is 54.0 Å². The van der Waals surface area contributed by atoms with Gasteiger partial charge in [0, 0.05) is 0 Å². The molecule has 0 aromatic heterocycles. The van der Waals surface area contributed by atoms with Gasteiger partial charge in [0.1, 0.15) is 0 Å². The molecule has 0 fully saturated rings. The van der Waals surface area contributed by atoms with Crippen LogP contribution in [0, 0.1) is 83.1 Å². The van der Waals surface area contributed by atoms with Crippen molar-refractivity contribution in [1.82, 2.24) is 0 Å². The fraction of sp³-hybridized carbons (Fsp3) is 0.400. The van der Waals surface area contributed by atoms with E-state index in [1.54, 1.807) is 46.7 Å². The summed E-state index contributed by atoms with van der Waals surface area (Å²) in [5, 5.41) is 11.7. The number of rotatable bonds is 4. The van der Waals surface area contributed by atoms with E-state index in [1.807, 2.05) is 0 Å². The van der Waals surface area contributed by atoms with Crippen LogP contribution in [0.2, 0.25) is 26.2 Å². The minimum absolute atomic E-state index is 0. The Morgan fingerprint density at radius 1 is 0.333 bits per heavy atom. The van der Waals surface area contributed by atoms with Gasteiger partial charge in [-0.1, -0.05) is 157 Å². The fourth-order valence-electron chi connectivity index (χ4n) is 8.86. The van der Waals surface area contributed by atoms with E-state index in [-0.39, 0.29) is 35.7 Å². The fourth-order valence-corrected chi connectivity index (χ4v) is 8.86. The summed E-state index contributed by atoms with van der Waals surface area (Å²) in [5.41, 5.74) is 23.5. The monoisotopic (exact) mass is 1110 g/mol. The van der Waals surface area contributed by atoms with E-state index in [9.17, 15) is 0 Å². The maximum atomic E-state index is 2.32. The Bertz CT molecular complexity index is 2480. The summed E-state index contributed by atoms with van der Waals surface area (Å²) in [7, 11) is 0. The Hall–Kier alpha value is -1.90. The van der Waals surface area contributed by atoms with Crippen molar-refractivity contribution in [1.29, 1.82) is 0 Å². The Morgan fingerprint density at radius 3 is 0.621 bits per heavy atom. The molecule has 0 atom stereocenters. The van der Waals surface area contributed by atoms with Gasteiger partial charge in [-0.3, -0.25) is 0 Å². The molecule has 0 aliphatic rings. The second-order valence-corrected chi connectivity index (χ2v) is 37.3. The zero-order valence-corrected chi connectivity index (χ0v) is 52.9. The number of aryl methyl sites for hydroxylation is 16. The van der Waals surface area contributed by atoms with Crippen LogP contribution in [-0.2, 0) is 72.4 Å². The molecule has 66 heavy (non-hydrogen) atoms. The van der Waals surface area contributed by atoms with Crippen LogP contribution in [0.5, 0.6) is 0 Å². The molecule has 8 aromatic rings. The number of benzene rings is 4. The van der Waals surface area contributed by atoms with Crippen LogP contribution in [0.1, 0.15) is 117 Å². The summed E-state index contributed by atoms with van der Waals surface area (Å²) >= 11 is 3.48. The van der Waals surface area contributed by atoms with E-state index in [0.29, 0.717) is 0 Å². The molecule has 8 aromatic carbocycles. The molecule has 0 radical (unpaired) electrons. The molecule has 0 saturated carbocycles. The minimum atomic E-state index is 0. The van der Waals surface area contributed by atoms with Gasteiger partial charge in [0.15, 0.2) is 0 Å². The molecule has 0 aliphatic heterocycles. The SMILES string of the molecule is CCc1ccc(C)c2[cH-]c(C)c(C)c12.CCc1ccc(C)c2[cH-]c(C)c(C)c12.CCc1ccc(C)c2[cH-]c(C)c(C)c12.CCc1ccc(C)c2[cH-]c(C)c(C)c12.C[Si](C)=[Zr+2].C[Si](C)=[Zr+2].[Cl-].[Cl-]. The van der Waals surface area contributed by atoms with Crippen molar-refractivity contribution in [3.05, 3.63) is 162 Å². The van der Waals surface area contributed by atoms with Gasteiger partial charge in [-0.15, -0.1) is 136 Å². The van der Waals surface area contributed by atoms with Gasteiger partial charge < -0.3 is 24.8 Å². The van der Waals surface area contributed by atoms with Crippen molar-refractivity contribution < 1.29 is 71.5 Å².